The van der Waals surface area contributed by atoms with Crippen molar-refractivity contribution in [2.75, 3.05) is 11.9 Å². The number of carbonyl (C=O) groups is 2. The van der Waals surface area contributed by atoms with Gasteiger partial charge in [-0.1, -0.05) is 6.92 Å². The monoisotopic (exact) mass is 425 g/mol. The molecule has 2 aromatic heterocycles. The van der Waals surface area contributed by atoms with E-state index in [0.29, 0.717) is 34.4 Å². The van der Waals surface area contributed by atoms with E-state index >= 15 is 0 Å². The van der Waals surface area contributed by atoms with Crippen molar-refractivity contribution in [3.8, 4) is 0 Å². The third kappa shape index (κ3) is 3.88. The molecule has 0 saturated heterocycles. The molecule has 162 valence electrons. The average Bonchev–Trinajstić information content (AvgIpc) is 3.28. The van der Waals surface area contributed by atoms with Crippen molar-refractivity contribution < 1.29 is 19.1 Å². The molecule has 4 rings (SSSR count). The predicted molar refractivity (Wildman–Crippen MR) is 113 cm³/mol. The smallest absolute Gasteiger partial charge is 0.261 e. The molecule has 2 N–H and O–H groups in total. The summed E-state index contributed by atoms with van der Waals surface area (Å²) in [7, 11) is 0. The Balaban J connectivity index is 1.59. The summed E-state index contributed by atoms with van der Waals surface area (Å²) in [4.78, 5) is 31.2. The van der Waals surface area contributed by atoms with E-state index < -0.39 is 11.8 Å². The summed E-state index contributed by atoms with van der Waals surface area (Å²) in [6, 6.07) is 5.24. The first kappa shape index (κ1) is 20.9. The molecule has 3 aromatic rings. The van der Waals surface area contributed by atoms with Gasteiger partial charge in [-0.05, 0) is 49.6 Å². The minimum absolute atomic E-state index is 0.200. The number of nitrogens with zero attached hydrogens (tertiary/aromatic N) is 4. The number of amides is 2. The molecule has 0 fully saturated rings. The molecule has 1 aromatic carbocycles. The van der Waals surface area contributed by atoms with Gasteiger partial charge in [0.2, 0.25) is 0 Å². The maximum atomic E-state index is 14.3. The first-order valence-electron chi connectivity index (χ1n) is 10.1. The van der Waals surface area contributed by atoms with Crippen LogP contribution >= 0.6 is 0 Å². The van der Waals surface area contributed by atoms with Gasteiger partial charge in [0.05, 0.1) is 18.3 Å². The molecule has 1 aliphatic heterocycles. The molecule has 0 bridgehead atoms. The number of benzene rings is 1. The van der Waals surface area contributed by atoms with Crippen molar-refractivity contribution >= 4 is 23.1 Å². The zero-order chi connectivity index (χ0) is 22.3. The Kier molecular flexibility index (Phi) is 5.22. The summed E-state index contributed by atoms with van der Waals surface area (Å²) in [5, 5.41) is 16.9. The van der Waals surface area contributed by atoms with Gasteiger partial charge in [0.15, 0.2) is 5.65 Å². The quantitative estimate of drug-likeness (QED) is 0.632. The maximum Gasteiger partial charge on any atom is 0.261 e. The van der Waals surface area contributed by atoms with Crippen LogP contribution in [0.15, 0.2) is 36.8 Å². The number of fused-ring (bicyclic) bond motifs is 2. The number of carbonyl (C=O) groups excluding carboxylic acids is 2. The third-order valence-electron chi connectivity index (χ3n) is 5.51. The van der Waals surface area contributed by atoms with E-state index in [0.717, 1.165) is 5.56 Å². The number of nitrogens with one attached hydrogen (secondary N) is 1. The standard InChI is InChI=1S/C22H24FN5O3/c1-4-13-8-15-14(11-27(21(15)30)12-18(23)22(2,3)31)9-17(13)26-20(29)16-10-25-28-7-5-6-24-19(16)28/h5-10,18,31H,4,11-12H2,1-3H3,(H,26,29)/t18-/m1/s1. The molecule has 0 saturated carbocycles. The summed E-state index contributed by atoms with van der Waals surface area (Å²) in [6.45, 7) is 4.70. The van der Waals surface area contributed by atoms with Gasteiger partial charge in [-0.15, -0.1) is 0 Å². The van der Waals surface area contributed by atoms with Crippen LogP contribution in [0, 0.1) is 0 Å². The van der Waals surface area contributed by atoms with Gasteiger partial charge in [-0.25, -0.2) is 13.9 Å². The number of aryl methyl sites for hydroxylation is 1. The largest absolute Gasteiger partial charge is 0.387 e. The van der Waals surface area contributed by atoms with Crippen LogP contribution in [0.4, 0.5) is 10.1 Å². The van der Waals surface area contributed by atoms with Crippen LogP contribution < -0.4 is 5.32 Å². The molecule has 2 amide bonds. The number of hydrogen-bond acceptors (Lipinski definition) is 5. The molecule has 8 nitrogen and oxygen atoms in total. The molecule has 9 heteroatoms. The molecular formula is C22H24FN5O3. The van der Waals surface area contributed by atoms with Crippen LogP contribution in [0.1, 0.15) is 52.6 Å². The fraction of sp³-hybridized carbons (Fsp3) is 0.364. The normalized spacial score (nSPS) is 14.7. The van der Waals surface area contributed by atoms with E-state index in [1.54, 1.807) is 30.6 Å². The van der Waals surface area contributed by atoms with Crippen molar-refractivity contribution in [1.29, 1.82) is 0 Å². The Hall–Kier alpha value is -3.33. The Bertz CT molecular complexity index is 1170. The van der Waals surface area contributed by atoms with Gasteiger partial charge in [-0.3, -0.25) is 9.59 Å². The second-order valence-corrected chi connectivity index (χ2v) is 8.23. The van der Waals surface area contributed by atoms with Crippen LogP contribution in [0.25, 0.3) is 5.65 Å². The lowest BCUT2D eigenvalue weighted by Crippen LogP contribution is -2.42. The van der Waals surface area contributed by atoms with E-state index in [-0.39, 0.29) is 24.9 Å². The van der Waals surface area contributed by atoms with Crippen LogP contribution in [0.2, 0.25) is 0 Å². The van der Waals surface area contributed by atoms with Crippen LogP contribution in [0.5, 0.6) is 0 Å². The van der Waals surface area contributed by atoms with E-state index in [4.69, 9.17) is 0 Å². The lowest BCUT2D eigenvalue weighted by molar-refractivity contribution is -0.0159. The Morgan fingerprint density at radius 3 is 2.87 bits per heavy atom. The number of rotatable bonds is 6. The van der Waals surface area contributed by atoms with Gasteiger partial charge in [0.1, 0.15) is 11.7 Å². The lowest BCUT2D eigenvalue weighted by atomic mass is 10.0. The van der Waals surface area contributed by atoms with E-state index in [1.165, 1.54) is 29.5 Å². The summed E-state index contributed by atoms with van der Waals surface area (Å²) in [5.74, 6) is -0.628. The summed E-state index contributed by atoms with van der Waals surface area (Å²) in [5.41, 5.74) is 1.84. The molecule has 31 heavy (non-hydrogen) atoms. The highest BCUT2D eigenvalue weighted by molar-refractivity contribution is 6.09. The molecule has 0 unspecified atom stereocenters. The Labute approximate surface area is 178 Å². The van der Waals surface area contributed by atoms with Gasteiger partial charge in [0, 0.05) is 30.2 Å². The number of anilines is 1. The number of alkyl halides is 1. The number of hydrogen-bond donors (Lipinski definition) is 2. The van der Waals surface area contributed by atoms with Crippen molar-refractivity contribution in [2.45, 2.75) is 45.5 Å². The summed E-state index contributed by atoms with van der Waals surface area (Å²) >= 11 is 0. The molecule has 3 heterocycles. The van der Waals surface area contributed by atoms with Gasteiger partial charge >= 0.3 is 0 Å². The Morgan fingerprint density at radius 2 is 2.16 bits per heavy atom. The van der Waals surface area contributed by atoms with E-state index in [2.05, 4.69) is 15.4 Å². The fourth-order valence-electron chi connectivity index (χ4n) is 3.62. The van der Waals surface area contributed by atoms with E-state index in [1.807, 2.05) is 6.92 Å². The van der Waals surface area contributed by atoms with Crippen LogP contribution in [-0.4, -0.2) is 54.7 Å². The van der Waals surface area contributed by atoms with Crippen molar-refractivity contribution in [2.24, 2.45) is 0 Å². The average molecular weight is 425 g/mol. The molecule has 0 spiro atoms. The number of aliphatic hydroxyl groups is 1. The minimum Gasteiger partial charge on any atom is -0.387 e. The summed E-state index contributed by atoms with van der Waals surface area (Å²) < 4.78 is 15.8. The number of halogens is 1. The fourth-order valence-corrected chi connectivity index (χ4v) is 3.62. The predicted octanol–water partition coefficient (Wildman–Crippen LogP) is 2.61. The Morgan fingerprint density at radius 1 is 1.39 bits per heavy atom. The van der Waals surface area contributed by atoms with Crippen LogP contribution in [0.3, 0.4) is 0 Å². The molecule has 1 atom stereocenters. The summed E-state index contributed by atoms with van der Waals surface area (Å²) in [6.07, 6.45) is 3.78. The maximum absolute atomic E-state index is 14.3. The zero-order valence-corrected chi connectivity index (χ0v) is 17.6. The number of aromatic nitrogens is 3. The van der Waals surface area contributed by atoms with Gasteiger partial charge < -0.3 is 15.3 Å². The molecule has 0 radical (unpaired) electrons. The van der Waals surface area contributed by atoms with Crippen LogP contribution in [-0.2, 0) is 13.0 Å². The first-order chi connectivity index (χ1) is 14.7. The van der Waals surface area contributed by atoms with Crippen molar-refractivity contribution in [3.63, 3.8) is 0 Å². The topological polar surface area (TPSA) is 99.8 Å². The second kappa shape index (κ2) is 7.73. The highest BCUT2D eigenvalue weighted by atomic mass is 19.1. The lowest BCUT2D eigenvalue weighted by Gasteiger charge is -2.26. The van der Waals surface area contributed by atoms with E-state index in [9.17, 15) is 19.1 Å². The zero-order valence-electron chi connectivity index (χ0n) is 17.6. The van der Waals surface area contributed by atoms with Gasteiger partial charge in [-0.2, -0.15) is 5.10 Å². The third-order valence-corrected chi connectivity index (χ3v) is 5.51. The molecule has 0 aliphatic carbocycles. The van der Waals surface area contributed by atoms with Crippen molar-refractivity contribution in [1.82, 2.24) is 19.5 Å². The minimum atomic E-state index is -1.57. The molecular weight excluding hydrogens is 401 g/mol. The highest BCUT2D eigenvalue weighted by Gasteiger charge is 2.35. The first-order valence-corrected chi connectivity index (χ1v) is 10.1. The van der Waals surface area contributed by atoms with Gasteiger partial charge in [0.25, 0.3) is 11.8 Å². The SMILES string of the molecule is CCc1cc2c(cc1NC(=O)c1cnn3cccnc13)CN(C[C@@H](F)C(C)(C)O)C2=O. The highest BCUT2D eigenvalue weighted by Crippen LogP contribution is 2.31. The van der Waals surface area contributed by atoms with Crippen molar-refractivity contribution in [3.05, 3.63) is 59.0 Å². The second-order valence-electron chi connectivity index (χ2n) is 8.23. The molecule has 1 aliphatic rings.